The summed E-state index contributed by atoms with van der Waals surface area (Å²) in [6, 6.07) is 9.79. The quantitative estimate of drug-likeness (QED) is 0.128. The predicted molar refractivity (Wildman–Crippen MR) is 157 cm³/mol. The molecule has 0 heterocycles. The number of aliphatic hydroxyl groups is 1. The van der Waals surface area contributed by atoms with Crippen LogP contribution in [-0.2, 0) is 40.0 Å². The summed E-state index contributed by atoms with van der Waals surface area (Å²) in [5.41, 5.74) is 1.05. The van der Waals surface area contributed by atoms with E-state index in [-0.39, 0.29) is 42.3 Å². The lowest BCUT2D eigenvalue weighted by Gasteiger charge is -2.32. The maximum absolute atomic E-state index is 13.1. The summed E-state index contributed by atoms with van der Waals surface area (Å²) in [6.45, 7) is 11.8. The average Bonchev–Trinajstić information content (AvgIpc) is 2.97. The van der Waals surface area contributed by atoms with Crippen molar-refractivity contribution >= 4 is 24.1 Å². The van der Waals surface area contributed by atoms with Crippen LogP contribution in [-0.4, -0.2) is 72.6 Å². The van der Waals surface area contributed by atoms with Gasteiger partial charge in [-0.3, -0.25) is 19.2 Å². The Bertz CT molecular complexity index is 924. The molecule has 0 aliphatic rings. The highest BCUT2D eigenvalue weighted by molar-refractivity contribution is 5.81. The monoisotopic (exact) mass is 577 g/mol. The van der Waals surface area contributed by atoms with E-state index in [0.29, 0.717) is 39.0 Å². The number of ketones is 1. The third-order valence-electron chi connectivity index (χ3n) is 7.76. The zero-order valence-electron chi connectivity index (χ0n) is 25.9. The summed E-state index contributed by atoms with van der Waals surface area (Å²) in [5.74, 6) is -2.10. The predicted octanol–water partition coefficient (Wildman–Crippen LogP) is 4.58. The highest BCUT2D eigenvalue weighted by Crippen LogP contribution is 2.27. The number of esters is 2. The van der Waals surface area contributed by atoms with E-state index >= 15 is 0 Å². The molecule has 0 bridgehead atoms. The summed E-state index contributed by atoms with van der Waals surface area (Å²) in [4.78, 5) is 49.5. The summed E-state index contributed by atoms with van der Waals surface area (Å²) in [6.07, 6.45) is 0.722. The van der Waals surface area contributed by atoms with Crippen LogP contribution >= 0.6 is 0 Å². The Balaban J connectivity index is 2.73. The number of nitrogens with zero attached hydrogens (tertiary/aromatic N) is 1. The van der Waals surface area contributed by atoms with E-state index in [1.807, 2.05) is 51.1 Å². The first-order chi connectivity index (χ1) is 19.4. The van der Waals surface area contributed by atoms with Crippen LogP contribution in [0, 0.1) is 23.7 Å². The van der Waals surface area contributed by atoms with Gasteiger partial charge in [0.2, 0.25) is 6.41 Å². The number of carbonyl (C=O) groups excluding carboxylic acids is 4. The van der Waals surface area contributed by atoms with Gasteiger partial charge in [-0.1, -0.05) is 65.0 Å². The summed E-state index contributed by atoms with van der Waals surface area (Å²) in [5, 5.41) is 11.1. The topological polar surface area (TPSA) is 119 Å². The minimum absolute atomic E-state index is 0.0539. The molecule has 0 spiro atoms. The lowest BCUT2D eigenvalue weighted by Crippen LogP contribution is -2.38. The molecular weight excluding hydrogens is 526 g/mol. The molecule has 0 unspecified atom stereocenters. The van der Waals surface area contributed by atoms with Gasteiger partial charge in [-0.2, -0.15) is 0 Å². The standard InChI is InChI=1S/C32H51NO8/c1-8-30(37)41-29(17-19-39-20-27-12-10-9-11-13-27)25(5)31(38)22(2)14-15-28(36)24(4)32(40-26(6)35)23(3)16-18-33(7)21-34/h9-13,21-25,29,31-32,38H,8,14-20H2,1-7H3/t22-,23+,24-,25+,29+,31+,32+/m0/s1. The van der Waals surface area contributed by atoms with Crippen molar-refractivity contribution in [3.63, 3.8) is 0 Å². The second-order valence-electron chi connectivity index (χ2n) is 11.3. The van der Waals surface area contributed by atoms with Crippen LogP contribution < -0.4 is 0 Å². The van der Waals surface area contributed by atoms with Gasteiger partial charge in [-0.05, 0) is 30.2 Å². The number of carbonyl (C=O) groups is 4. The molecule has 1 aromatic rings. The molecule has 1 N–H and O–H groups in total. The van der Waals surface area contributed by atoms with Crippen molar-refractivity contribution < 1.29 is 38.5 Å². The molecule has 0 saturated heterocycles. The average molecular weight is 578 g/mol. The lowest BCUT2D eigenvalue weighted by molar-refractivity contribution is -0.156. The molecule has 0 radical (unpaired) electrons. The fraction of sp³-hybridized carbons (Fsp3) is 0.688. The first kappa shape index (κ1) is 36.2. The maximum Gasteiger partial charge on any atom is 0.305 e. The van der Waals surface area contributed by atoms with Gasteiger partial charge in [-0.25, -0.2) is 0 Å². The molecule has 0 saturated carbocycles. The van der Waals surface area contributed by atoms with Crippen molar-refractivity contribution in [1.29, 1.82) is 0 Å². The molecule has 0 aromatic heterocycles. The van der Waals surface area contributed by atoms with Gasteiger partial charge < -0.3 is 24.2 Å². The molecule has 1 aromatic carbocycles. The minimum atomic E-state index is -0.802. The molecule has 41 heavy (non-hydrogen) atoms. The normalized spacial score (nSPS) is 16.4. The van der Waals surface area contributed by atoms with Crippen LogP contribution in [0.1, 0.15) is 79.2 Å². The Morgan fingerprint density at radius 1 is 0.976 bits per heavy atom. The smallest absolute Gasteiger partial charge is 0.305 e. The van der Waals surface area contributed by atoms with Gasteiger partial charge in [0.15, 0.2) is 0 Å². The van der Waals surface area contributed by atoms with Crippen LogP contribution in [0.25, 0.3) is 0 Å². The van der Waals surface area contributed by atoms with Crippen LogP contribution in [0.2, 0.25) is 0 Å². The van der Waals surface area contributed by atoms with Crippen molar-refractivity contribution in [3.8, 4) is 0 Å². The molecule has 0 aliphatic heterocycles. The first-order valence-electron chi connectivity index (χ1n) is 14.8. The van der Waals surface area contributed by atoms with Gasteiger partial charge >= 0.3 is 11.9 Å². The van der Waals surface area contributed by atoms with Crippen molar-refractivity contribution in [2.75, 3.05) is 20.2 Å². The highest BCUT2D eigenvalue weighted by Gasteiger charge is 2.34. The molecule has 1 amide bonds. The highest BCUT2D eigenvalue weighted by atomic mass is 16.5. The Kier molecular flexibility index (Phi) is 17.1. The van der Waals surface area contributed by atoms with E-state index in [0.717, 1.165) is 12.0 Å². The second kappa shape index (κ2) is 19.4. The lowest BCUT2D eigenvalue weighted by atomic mass is 9.82. The third kappa shape index (κ3) is 13.6. The number of rotatable bonds is 21. The van der Waals surface area contributed by atoms with Crippen LogP contribution in [0.15, 0.2) is 30.3 Å². The molecule has 9 nitrogen and oxygen atoms in total. The Labute approximate surface area is 245 Å². The first-order valence-corrected chi connectivity index (χ1v) is 14.8. The fourth-order valence-electron chi connectivity index (χ4n) is 4.86. The molecule has 0 fully saturated rings. The molecule has 1 rings (SSSR count). The van der Waals surface area contributed by atoms with Gasteiger partial charge in [0.1, 0.15) is 18.0 Å². The zero-order chi connectivity index (χ0) is 30.9. The van der Waals surface area contributed by atoms with E-state index in [1.165, 1.54) is 11.8 Å². The number of aliphatic hydroxyl groups excluding tert-OH is 1. The molecule has 7 atom stereocenters. The van der Waals surface area contributed by atoms with Gasteiger partial charge in [-0.15, -0.1) is 0 Å². The largest absolute Gasteiger partial charge is 0.462 e. The van der Waals surface area contributed by atoms with Crippen LogP contribution in [0.5, 0.6) is 0 Å². The molecular formula is C32H51NO8. The van der Waals surface area contributed by atoms with E-state index in [4.69, 9.17) is 14.2 Å². The van der Waals surface area contributed by atoms with E-state index < -0.39 is 30.2 Å². The molecule has 232 valence electrons. The van der Waals surface area contributed by atoms with Gasteiger partial charge in [0.25, 0.3) is 0 Å². The second-order valence-corrected chi connectivity index (χ2v) is 11.3. The van der Waals surface area contributed by atoms with Crippen molar-refractivity contribution in [1.82, 2.24) is 4.90 Å². The number of hydrogen-bond acceptors (Lipinski definition) is 8. The van der Waals surface area contributed by atoms with E-state index in [9.17, 15) is 24.3 Å². The summed E-state index contributed by atoms with van der Waals surface area (Å²) in [7, 11) is 1.67. The zero-order valence-corrected chi connectivity index (χ0v) is 25.9. The minimum Gasteiger partial charge on any atom is -0.462 e. The van der Waals surface area contributed by atoms with Gasteiger partial charge in [0, 0.05) is 45.7 Å². The summed E-state index contributed by atoms with van der Waals surface area (Å²) < 4.78 is 17.0. The molecule has 9 heteroatoms. The number of ether oxygens (including phenoxy) is 3. The Hall–Kier alpha value is -2.78. The number of benzene rings is 1. The van der Waals surface area contributed by atoms with Crippen molar-refractivity contribution in [2.24, 2.45) is 23.7 Å². The molecule has 0 aliphatic carbocycles. The third-order valence-corrected chi connectivity index (χ3v) is 7.76. The van der Waals surface area contributed by atoms with Gasteiger partial charge in [0.05, 0.1) is 25.2 Å². The van der Waals surface area contributed by atoms with Crippen molar-refractivity contribution in [3.05, 3.63) is 35.9 Å². The summed E-state index contributed by atoms with van der Waals surface area (Å²) >= 11 is 0. The number of hydrogen-bond donors (Lipinski definition) is 1. The Morgan fingerprint density at radius 3 is 2.22 bits per heavy atom. The SMILES string of the molecule is CCC(=O)O[C@H](CCOCc1ccccc1)[C@@H](C)[C@H](O)[C@@H](C)CCC(=O)[C@H](C)[C@H](OC(C)=O)[C@H](C)CCN(C)C=O. The van der Waals surface area contributed by atoms with E-state index in [2.05, 4.69) is 0 Å². The fourth-order valence-corrected chi connectivity index (χ4v) is 4.86. The van der Waals surface area contributed by atoms with Crippen LogP contribution in [0.3, 0.4) is 0 Å². The Morgan fingerprint density at radius 2 is 1.63 bits per heavy atom. The van der Waals surface area contributed by atoms with Crippen LogP contribution in [0.4, 0.5) is 0 Å². The van der Waals surface area contributed by atoms with E-state index in [1.54, 1.807) is 20.9 Å². The number of amides is 1. The van der Waals surface area contributed by atoms with Crippen molar-refractivity contribution in [2.45, 2.75) is 98.6 Å². The number of Topliss-reactive ketones (excluding diaryl/α,β-unsaturated/α-hetero) is 1. The maximum atomic E-state index is 13.1.